The molecule has 21 heavy (non-hydrogen) atoms. The van der Waals surface area contributed by atoms with Gasteiger partial charge in [0, 0.05) is 25.2 Å². The Hall–Kier alpha value is -0.650. The zero-order valence-electron chi connectivity index (χ0n) is 13.9. The number of rotatable bonds is 10. The van der Waals surface area contributed by atoms with Gasteiger partial charge in [0.05, 0.1) is 19.8 Å². The highest BCUT2D eigenvalue weighted by molar-refractivity contribution is 5.80. The van der Waals surface area contributed by atoms with Crippen molar-refractivity contribution in [2.45, 2.75) is 58.5 Å². The van der Waals surface area contributed by atoms with Gasteiger partial charge in [-0.2, -0.15) is 0 Å². The van der Waals surface area contributed by atoms with Gasteiger partial charge in [0.1, 0.15) is 5.54 Å². The Morgan fingerprint density at radius 3 is 2.81 bits per heavy atom. The molecule has 0 aromatic rings. The van der Waals surface area contributed by atoms with E-state index in [1.807, 2.05) is 27.7 Å². The summed E-state index contributed by atoms with van der Waals surface area (Å²) >= 11 is 0. The van der Waals surface area contributed by atoms with Crippen LogP contribution in [-0.2, 0) is 19.0 Å². The predicted molar refractivity (Wildman–Crippen MR) is 82.3 cm³/mol. The summed E-state index contributed by atoms with van der Waals surface area (Å²) in [5.74, 6) is 0.359. The number of carbonyl (C=O) groups is 1. The van der Waals surface area contributed by atoms with Gasteiger partial charge in [-0.3, -0.25) is 10.1 Å². The van der Waals surface area contributed by atoms with Crippen LogP contribution in [0.2, 0.25) is 0 Å². The molecule has 0 spiro atoms. The van der Waals surface area contributed by atoms with Crippen molar-refractivity contribution in [1.82, 2.24) is 5.32 Å². The average Bonchev–Trinajstić information content (AvgIpc) is 2.91. The zero-order valence-corrected chi connectivity index (χ0v) is 13.9. The van der Waals surface area contributed by atoms with Gasteiger partial charge in [-0.15, -0.1) is 0 Å². The summed E-state index contributed by atoms with van der Waals surface area (Å²) < 4.78 is 16.2. The average molecular weight is 301 g/mol. The van der Waals surface area contributed by atoms with Crippen molar-refractivity contribution in [1.29, 1.82) is 0 Å². The monoisotopic (exact) mass is 301 g/mol. The van der Waals surface area contributed by atoms with Gasteiger partial charge in [-0.05, 0) is 47.0 Å². The van der Waals surface area contributed by atoms with Gasteiger partial charge in [0.2, 0.25) is 0 Å². The van der Waals surface area contributed by atoms with Crippen LogP contribution >= 0.6 is 0 Å². The number of nitrogens with one attached hydrogen (secondary N) is 1. The van der Waals surface area contributed by atoms with Crippen molar-refractivity contribution in [3.63, 3.8) is 0 Å². The zero-order chi connectivity index (χ0) is 15.7. The molecule has 124 valence electrons. The van der Waals surface area contributed by atoms with Gasteiger partial charge < -0.3 is 14.2 Å². The molecular formula is C16H31NO4. The quantitative estimate of drug-likeness (QED) is 0.495. The third-order valence-corrected chi connectivity index (χ3v) is 3.68. The minimum absolute atomic E-state index is 0.178. The highest BCUT2D eigenvalue weighted by atomic mass is 16.5. The third-order valence-electron chi connectivity index (χ3n) is 3.68. The molecule has 0 bridgehead atoms. The lowest BCUT2D eigenvalue weighted by Crippen LogP contribution is -2.53. The third kappa shape index (κ3) is 6.76. The SMILES string of the molecule is CCOC(=O)C(C)(CCCOCC1CCOC1)NC(C)C. The number of esters is 1. The molecule has 1 heterocycles. The molecule has 1 aliphatic rings. The lowest BCUT2D eigenvalue weighted by atomic mass is 9.95. The summed E-state index contributed by atoms with van der Waals surface area (Å²) in [4.78, 5) is 12.1. The summed E-state index contributed by atoms with van der Waals surface area (Å²) in [5.41, 5.74) is -0.635. The Bertz CT molecular complexity index is 303. The van der Waals surface area contributed by atoms with Gasteiger partial charge >= 0.3 is 5.97 Å². The Kier molecular flexibility index (Phi) is 8.22. The fraction of sp³-hybridized carbons (Fsp3) is 0.938. The van der Waals surface area contributed by atoms with Gasteiger partial charge in [-0.1, -0.05) is 0 Å². The van der Waals surface area contributed by atoms with E-state index < -0.39 is 5.54 Å². The second kappa shape index (κ2) is 9.38. The molecule has 0 aliphatic carbocycles. The second-order valence-electron chi connectivity index (χ2n) is 6.26. The second-order valence-corrected chi connectivity index (χ2v) is 6.26. The molecule has 2 atom stereocenters. The van der Waals surface area contributed by atoms with Crippen LogP contribution in [0, 0.1) is 5.92 Å². The van der Waals surface area contributed by atoms with Crippen LogP contribution in [0.1, 0.15) is 47.0 Å². The first-order valence-electron chi connectivity index (χ1n) is 8.08. The van der Waals surface area contributed by atoms with E-state index in [1.165, 1.54) is 0 Å². The van der Waals surface area contributed by atoms with Crippen LogP contribution in [0.25, 0.3) is 0 Å². The van der Waals surface area contributed by atoms with Crippen LogP contribution in [0.4, 0.5) is 0 Å². The van der Waals surface area contributed by atoms with E-state index in [-0.39, 0.29) is 12.0 Å². The molecule has 1 saturated heterocycles. The van der Waals surface area contributed by atoms with Crippen LogP contribution in [-0.4, -0.2) is 50.6 Å². The molecule has 5 nitrogen and oxygen atoms in total. The largest absolute Gasteiger partial charge is 0.465 e. The number of hydrogen-bond donors (Lipinski definition) is 1. The highest BCUT2D eigenvalue weighted by Gasteiger charge is 2.34. The van der Waals surface area contributed by atoms with E-state index in [1.54, 1.807) is 0 Å². The van der Waals surface area contributed by atoms with Crippen molar-refractivity contribution in [3.05, 3.63) is 0 Å². The van der Waals surface area contributed by atoms with Gasteiger partial charge in [0.15, 0.2) is 0 Å². The summed E-state index contributed by atoms with van der Waals surface area (Å²) in [6, 6.07) is 0.232. The molecule has 0 aromatic heterocycles. The summed E-state index contributed by atoms with van der Waals surface area (Å²) in [5, 5.41) is 3.32. The molecule has 0 aromatic carbocycles. The van der Waals surface area contributed by atoms with Crippen molar-refractivity contribution in [2.75, 3.05) is 33.0 Å². The Morgan fingerprint density at radius 1 is 1.48 bits per heavy atom. The topological polar surface area (TPSA) is 56.8 Å². The number of hydrogen-bond acceptors (Lipinski definition) is 5. The van der Waals surface area contributed by atoms with Crippen LogP contribution in [0.3, 0.4) is 0 Å². The molecule has 0 saturated carbocycles. The molecule has 0 radical (unpaired) electrons. The van der Waals surface area contributed by atoms with Crippen molar-refractivity contribution in [3.8, 4) is 0 Å². The Morgan fingerprint density at radius 2 is 2.24 bits per heavy atom. The minimum atomic E-state index is -0.635. The van der Waals surface area contributed by atoms with E-state index >= 15 is 0 Å². The molecule has 1 N–H and O–H groups in total. The maximum absolute atomic E-state index is 12.1. The molecule has 1 fully saturated rings. The van der Waals surface area contributed by atoms with E-state index in [2.05, 4.69) is 5.32 Å². The van der Waals surface area contributed by atoms with Crippen molar-refractivity contribution < 1.29 is 19.0 Å². The summed E-state index contributed by atoms with van der Waals surface area (Å²) in [6.45, 7) is 11.3. The maximum atomic E-state index is 12.1. The van der Waals surface area contributed by atoms with E-state index in [9.17, 15) is 4.79 Å². The normalized spacial score (nSPS) is 21.5. The van der Waals surface area contributed by atoms with Crippen LogP contribution < -0.4 is 5.32 Å². The number of carbonyl (C=O) groups excluding carboxylic acids is 1. The number of ether oxygens (including phenoxy) is 3. The van der Waals surface area contributed by atoms with Gasteiger partial charge in [0.25, 0.3) is 0 Å². The summed E-state index contributed by atoms with van der Waals surface area (Å²) in [7, 11) is 0. The lowest BCUT2D eigenvalue weighted by molar-refractivity contribution is -0.151. The fourth-order valence-electron chi connectivity index (χ4n) is 2.65. The van der Waals surface area contributed by atoms with E-state index in [4.69, 9.17) is 14.2 Å². The predicted octanol–water partition coefficient (Wildman–Crippen LogP) is 2.14. The first kappa shape index (κ1) is 18.4. The standard InChI is InChI=1S/C16H31NO4/c1-5-21-15(18)16(4,17-13(2)3)8-6-9-19-11-14-7-10-20-12-14/h13-14,17H,5-12H2,1-4H3. The lowest BCUT2D eigenvalue weighted by Gasteiger charge is -2.30. The van der Waals surface area contributed by atoms with E-state index in [0.717, 1.165) is 32.7 Å². The molecule has 5 heteroatoms. The Balaban J connectivity index is 2.29. The molecule has 1 aliphatic heterocycles. The molecular weight excluding hydrogens is 270 g/mol. The molecule has 0 amide bonds. The smallest absolute Gasteiger partial charge is 0.326 e. The maximum Gasteiger partial charge on any atom is 0.326 e. The molecule has 1 rings (SSSR count). The van der Waals surface area contributed by atoms with Crippen molar-refractivity contribution >= 4 is 5.97 Å². The fourth-order valence-corrected chi connectivity index (χ4v) is 2.65. The van der Waals surface area contributed by atoms with E-state index in [0.29, 0.717) is 25.6 Å². The minimum Gasteiger partial charge on any atom is -0.465 e. The Labute approximate surface area is 128 Å². The van der Waals surface area contributed by atoms with Crippen LogP contribution in [0.5, 0.6) is 0 Å². The first-order valence-corrected chi connectivity index (χ1v) is 8.08. The van der Waals surface area contributed by atoms with Crippen molar-refractivity contribution in [2.24, 2.45) is 5.92 Å². The highest BCUT2D eigenvalue weighted by Crippen LogP contribution is 2.17. The first-order chi connectivity index (χ1) is 9.98. The molecule has 2 unspecified atom stereocenters. The van der Waals surface area contributed by atoms with Crippen LogP contribution in [0.15, 0.2) is 0 Å². The van der Waals surface area contributed by atoms with Gasteiger partial charge in [-0.25, -0.2) is 0 Å². The summed E-state index contributed by atoms with van der Waals surface area (Å²) in [6.07, 6.45) is 2.64.